The van der Waals surface area contributed by atoms with Crippen LogP contribution in [-0.2, 0) is 6.54 Å². The Hall–Kier alpha value is -1.75. The Morgan fingerprint density at radius 3 is 2.70 bits per heavy atom. The molecule has 0 saturated heterocycles. The number of anilines is 1. The number of pyridine rings is 1. The van der Waals surface area contributed by atoms with Crippen molar-refractivity contribution in [2.45, 2.75) is 13.5 Å². The summed E-state index contributed by atoms with van der Waals surface area (Å²) in [6.07, 6.45) is 1.77. The van der Waals surface area contributed by atoms with Crippen LogP contribution in [0.2, 0.25) is 0 Å². The van der Waals surface area contributed by atoms with Crippen molar-refractivity contribution in [2.24, 2.45) is 0 Å². The third-order valence-corrected chi connectivity index (χ3v) is 3.20. The molecular weight excluding hydrogens is 320 g/mol. The molecule has 0 aliphatic heterocycles. The van der Waals surface area contributed by atoms with Gasteiger partial charge < -0.3 is 14.8 Å². The monoisotopic (exact) mass is 336 g/mol. The highest BCUT2D eigenvalue weighted by Crippen LogP contribution is 2.28. The van der Waals surface area contributed by atoms with Crippen LogP contribution in [0.4, 0.5) is 5.82 Å². The van der Waals surface area contributed by atoms with Crippen molar-refractivity contribution >= 4 is 21.7 Å². The van der Waals surface area contributed by atoms with Crippen LogP contribution in [0.15, 0.2) is 41.0 Å². The number of benzene rings is 1. The number of halogens is 1. The zero-order chi connectivity index (χ0) is 14.4. The van der Waals surface area contributed by atoms with E-state index < -0.39 is 0 Å². The lowest BCUT2D eigenvalue weighted by atomic mass is 10.2. The van der Waals surface area contributed by atoms with Crippen molar-refractivity contribution in [3.05, 3.63) is 46.6 Å². The van der Waals surface area contributed by atoms with Crippen molar-refractivity contribution in [1.82, 2.24) is 4.98 Å². The Morgan fingerprint density at radius 1 is 1.20 bits per heavy atom. The summed E-state index contributed by atoms with van der Waals surface area (Å²) in [4.78, 5) is 4.27. The number of hydrogen-bond acceptors (Lipinski definition) is 4. The second-order valence-electron chi connectivity index (χ2n) is 4.13. The molecule has 0 atom stereocenters. The SMILES string of the molecule is CCOc1cc(CNc2ccc(Br)cn2)ccc1OC. The van der Waals surface area contributed by atoms with Crippen LogP contribution in [0, 0.1) is 0 Å². The first-order valence-electron chi connectivity index (χ1n) is 6.38. The van der Waals surface area contributed by atoms with Crippen LogP contribution >= 0.6 is 15.9 Å². The van der Waals surface area contributed by atoms with Gasteiger partial charge in [0.25, 0.3) is 0 Å². The van der Waals surface area contributed by atoms with E-state index >= 15 is 0 Å². The van der Waals surface area contributed by atoms with E-state index in [9.17, 15) is 0 Å². The van der Waals surface area contributed by atoms with E-state index in [2.05, 4.69) is 26.2 Å². The van der Waals surface area contributed by atoms with Gasteiger partial charge in [-0.2, -0.15) is 0 Å². The van der Waals surface area contributed by atoms with Crippen molar-refractivity contribution in [3.8, 4) is 11.5 Å². The van der Waals surface area contributed by atoms with E-state index in [1.165, 1.54) is 0 Å². The first-order valence-corrected chi connectivity index (χ1v) is 7.17. The van der Waals surface area contributed by atoms with E-state index in [1.807, 2.05) is 37.3 Å². The lowest BCUT2D eigenvalue weighted by molar-refractivity contribution is 0.310. The molecule has 0 unspecified atom stereocenters. The van der Waals surface area contributed by atoms with Crippen LogP contribution in [-0.4, -0.2) is 18.7 Å². The van der Waals surface area contributed by atoms with Gasteiger partial charge in [-0.05, 0) is 52.7 Å². The minimum atomic E-state index is 0.613. The maximum absolute atomic E-state index is 5.56. The molecule has 5 heteroatoms. The average molecular weight is 337 g/mol. The first kappa shape index (κ1) is 14.7. The minimum Gasteiger partial charge on any atom is -0.493 e. The molecule has 106 valence electrons. The van der Waals surface area contributed by atoms with Gasteiger partial charge in [0, 0.05) is 17.2 Å². The molecule has 4 nitrogen and oxygen atoms in total. The predicted molar refractivity (Wildman–Crippen MR) is 83.4 cm³/mol. The molecule has 0 spiro atoms. The highest BCUT2D eigenvalue weighted by atomic mass is 79.9. The molecule has 1 aromatic carbocycles. The Bertz CT molecular complexity index is 558. The van der Waals surface area contributed by atoms with Gasteiger partial charge in [0.05, 0.1) is 13.7 Å². The third-order valence-electron chi connectivity index (χ3n) is 2.73. The third kappa shape index (κ3) is 3.87. The zero-order valence-corrected chi connectivity index (χ0v) is 13.1. The molecule has 0 amide bonds. The van der Waals surface area contributed by atoms with Crippen LogP contribution < -0.4 is 14.8 Å². The van der Waals surface area contributed by atoms with Gasteiger partial charge in [0.2, 0.25) is 0 Å². The van der Waals surface area contributed by atoms with Gasteiger partial charge in [-0.1, -0.05) is 6.07 Å². The fourth-order valence-electron chi connectivity index (χ4n) is 1.77. The van der Waals surface area contributed by atoms with E-state index in [0.29, 0.717) is 13.2 Å². The maximum Gasteiger partial charge on any atom is 0.161 e. The number of aromatic nitrogens is 1. The molecule has 1 N–H and O–H groups in total. The standard InChI is InChI=1S/C15H17BrN2O2/c1-3-20-14-8-11(4-6-13(14)19-2)9-17-15-7-5-12(16)10-18-15/h4-8,10H,3,9H2,1-2H3,(H,17,18). The molecular formula is C15H17BrN2O2. The fraction of sp³-hybridized carbons (Fsp3) is 0.267. The van der Waals surface area contributed by atoms with Crippen LogP contribution in [0.25, 0.3) is 0 Å². The quantitative estimate of drug-likeness (QED) is 0.869. The molecule has 0 aliphatic rings. The fourth-order valence-corrected chi connectivity index (χ4v) is 2.01. The molecule has 1 heterocycles. The maximum atomic E-state index is 5.56. The Labute approximate surface area is 127 Å². The molecule has 20 heavy (non-hydrogen) atoms. The number of rotatable bonds is 6. The minimum absolute atomic E-state index is 0.613. The Kier molecular flexibility index (Phi) is 5.24. The number of ether oxygens (including phenoxy) is 2. The van der Waals surface area contributed by atoms with E-state index in [4.69, 9.17) is 9.47 Å². The topological polar surface area (TPSA) is 43.4 Å². The molecule has 2 aromatic rings. The van der Waals surface area contributed by atoms with Crippen molar-refractivity contribution in [3.63, 3.8) is 0 Å². The van der Waals surface area contributed by atoms with Crippen molar-refractivity contribution in [2.75, 3.05) is 19.0 Å². The summed E-state index contributed by atoms with van der Waals surface area (Å²) in [6.45, 7) is 3.25. The Morgan fingerprint density at radius 2 is 2.05 bits per heavy atom. The molecule has 0 saturated carbocycles. The zero-order valence-electron chi connectivity index (χ0n) is 11.5. The van der Waals surface area contributed by atoms with Crippen LogP contribution in [0.3, 0.4) is 0 Å². The molecule has 0 aliphatic carbocycles. The van der Waals surface area contributed by atoms with E-state index in [1.54, 1.807) is 13.3 Å². The highest BCUT2D eigenvalue weighted by molar-refractivity contribution is 9.10. The van der Waals surface area contributed by atoms with Gasteiger partial charge in [-0.15, -0.1) is 0 Å². The first-order chi connectivity index (χ1) is 9.72. The summed E-state index contributed by atoms with van der Waals surface area (Å²) in [5, 5.41) is 3.27. The summed E-state index contributed by atoms with van der Waals surface area (Å²) in [5.41, 5.74) is 1.11. The largest absolute Gasteiger partial charge is 0.493 e. The molecule has 0 fully saturated rings. The van der Waals surface area contributed by atoms with Gasteiger partial charge in [0.1, 0.15) is 5.82 Å². The molecule has 0 radical (unpaired) electrons. The second kappa shape index (κ2) is 7.14. The summed E-state index contributed by atoms with van der Waals surface area (Å²) < 4.78 is 11.8. The van der Waals surface area contributed by atoms with Gasteiger partial charge in [-0.3, -0.25) is 0 Å². The number of hydrogen-bond donors (Lipinski definition) is 1. The normalized spacial score (nSPS) is 10.2. The van der Waals surface area contributed by atoms with Crippen molar-refractivity contribution < 1.29 is 9.47 Å². The van der Waals surface area contributed by atoms with E-state index in [0.717, 1.165) is 27.4 Å². The number of methoxy groups -OCH3 is 1. The summed E-state index contributed by atoms with van der Waals surface area (Å²) in [6, 6.07) is 9.78. The van der Waals surface area contributed by atoms with Crippen LogP contribution in [0.1, 0.15) is 12.5 Å². The second-order valence-corrected chi connectivity index (χ2v) is 5.05. The smallest absolute Gasteiger partial charge is 0.161 e. The van der Waals surface area contributed by atoms with Crippen LogP contribution in [0.5, 0.6) is 11.5 Å². The lowest BCUT2D eigenvalue weighted by Crippen LogP contribution is -2.02. The summed E-state index contributed by atoms with van der Waals surface area (Å²) in [7, 11) is 1.64. The predicted octanol–water partition coefficient (Wildman–Crippen LogP) is 3.86. The lowest BCUT2D eigenvalue weighted by Gasteiger charge is -2.12. The molecule has 1 aromatic heterocycles. The van der Waals surface area contributed by atoms with E-state index in [-0.39, 0.29) is 0 Å². The Balaban J connectivity index is 2.05. The van der Waals surface area contributed by atoms with Gasteiger partial charge in [-0.25, -0.2) is 4.98 Å². The van der Waals surface area contributed by atoms with Gasteiger partial charge in [0.15, 0.2) is 11.5 Å². The highest BCUT2D eigenvalue weighted by Gasteiger charge is 2.05. The molecule has 0 bridgehead atoms. The number of nitrogens with one attached hydrogen (secondary N) is 1. The van der Waals surface area contributed by atoms with Crippen molar-refractivity contribution in [1.29, 1.82) is 0 Å². The van der Waals surface area contributed by atoms with Gasteiger partial charge >= 0.3 is 0 Å². The summed E-state index contributed by atoms with van der Waals surface area (Å²) in [5.74, 6) is 2.34. The number of nitrogens with zero attached hydrogens (tertiary/aromatic N) is 1. The summed E-state index contributed by atoms with van der Waals surface area (Å²) >= 11 is 3.36. The molecule has 2 rings (SSSR count). The average Bonchev–Trinajstić information content (AvgIpc) is 2.47.